The number of benzene rings is 2. The summed E-state index contributed by atoms with van der Waals surface area (Å²) in [5.74, 6) is 0. The predicted molar refractivity (Wildman–Crippen MR) is 77.7 cm³/mol. The van der Waals surface area contributed by atoms with Crippen molar-refractivity contribution in [3.63, 3.8) is 0 Å². The third kappa shape index (κ3) is 2.75. The lowest BCUT2D eigenvalue weighted by molar-refractivity contribution is -0.386. The maximum atomic E-state index is 12.9. The zero-order valence-electron chi connectivity index (χ0n) is 11.3. The molecule has 1 heterocycles. The molecule has 8 heteroatoms. The highest BCUT2D eigenvalue weighted by Gasteiger charge is 2.35. The Kier molecular flexibility index (Phi) is 3.53. The van der Waals surface area contributed by atoms with Crippen LogP contribution in [0.5, 0.6) is 0 Å². The fraction of sp³-hybridized carbons (Fsp3) is 0.133. The van der Waals surface area contributed by atoms with Gasteiger partial charge in [-0.3, -0.25) is 10.1 Å². The van der Waals surface area contributed by atoms with E-state index in [0.29, 0.717) is 16.6 Å². The summed E-state index contributed by atoms with van der Waals surface area (Å²) in [6.45, 7) is 6.99. The second-order valence-corrected chi connectivity index (χ2v) is 5.99. The van der Waals surface area contributed by atoms with E-state index >= 15 is 0 Å². The van der Waals surface area contributed by atoms with Gasteiger partial charge in [-0.2, -0.15) is 13.2 Å². The van der Waals surface area contributed by atoms with Crippen molar-refractivity contribution in [1.29, 1.82) is 0 Å². The second kappa shape index (κ2) is 5.28. The van der Waals surface area contributed by atoms with Crippen molar-refractivity contribution in [3.8, 4) is 0 Å². The molecule has 0 spiro atoms. The highest BCUT2D eigenvalue weighted by Crippen LogP contribution is 2.46. The van der Waals surface area contributed by atoms with Crippen LogP contribution in [0.1, 0.15) is 16.7 Å². The Labute approximate surface area is 132 Å². The van der Waals surface area contributed by atoms with Crippen LogP contribution in [0.2, 0.25) is 0 Å². The molecule has 0 radical (unpaired) electrons. The molecule has 0 unspecified atom stereocenters. The van der Waals surface area contributed by atoms with Gasteiger partial charge in [-0.05, 0) is 17.7 Å². The zero-order chi connectivity index (χ0) is 16.8. The monoisotopic (exact) mass is 336 g/mol. The average molecular weight is 336 g/mol. The fourth-order valence-electron chi connectivity index (χ4n) is 2.39. The Balaban J connectivity index is 2.17. The predicted octanol–water partition coefficient (Wildman–Crippen LogP) is 5.22. The fourth-order valence-corrected chi connectivity index (χ4v) is 3.56. The van der Waals surface area contributed by atoms with Crippen molar-refractivity contribution in [2.45, 2.75) is 22.4 Å². The van der Waals surface area contributed by atoms with Crippen molar-refractivity contribution >= 4 is 23.1 Å². The highest BCUT2D eigenvalue weighted by molar-refractivity contribution is 7.99. The molecule has 0 aromatic heterocycles. The molecule has 0 bridgehead atoms. The van der Waals surface area contributed by atoms with E-state index in [-0.39, 0.29) is 16.9 Å². The molecule has 0 aliphatic carbocycles. The van der Waals surface area contributed by atoms with Gasteiger partial charge < -0.3 is 0 Å². The molecule has 2 aromatic carbocycles. The van der Waals surface area contributed by atoms with Crippen LogP contribution in [-0.4, -0.2) is 4.92 Å². The Morgan fingerprint density at radius 3 is 2.57 bits per heavy atom. The lowest BCUT2D eigenvalue weighted by Gasteiger charge is -2.20. The van der Waals surface area contributed by atoms with Gasteiger partial charge in [0.1, 0.15) is 0 Å². The summed E-state index contributed by atoms with van der Waals surface area (Å²) in [5.41, 5.74) is -0.155. The van der Waals surface area contributed by atoms with E-state index in [1.54, 1.807) is 18.2 Å². The van der Waals surface area contributed by atoms with Crippen molar-refractivity contribution in [3.05, 3.63) is 68.6 Å². The maximum absolute atomic E-state index is 12.9. The van der Waals surface area contributed by atoms with Crippen molar-refractivity contribution in [2.75, 3.05) is 0 Å². The van der Waals surface area contributed by atoms with Crippen LogP contribution in [-0.2, 0) is 12.6 Å². The third-order valence-corrected chi connectivity index (χ3v) is 4.66. The summed E-state index contributed by atoms with van der Waals surface area (Å²) in [6, 6.07) is 6.37. The van der Waals surface area contributed by atoms with Crippen LogP contribution in [0, 0.1) is 16.7 Å². The van der Waals surface area contributed by atoms with E-state index in [4.69, 9.17) is 6.57 Å². The molecular weight excluding hydrogens is 329 g/mol. The molecule has 0 atom stereocenters. The summed E-state index contributed by atoms with van der Waals surface area (Å²) in [7, 11) is 0. The largest absolute Gasteiger partial charge is 0.416 e. The topological polar surface area (TPSA) is 47.5 Å². The van der Waals surface area contributed by atoms with Crippen LogP contribution < -0.4 is 0 Å². The first-order valence-corrected chi connectivity index (χ1v) is 7.18. The maximum Gasteiger partial charge on any atom is 0.416 e. The second-order valence-electron chi connectivity index (χ2n) is 4.91. The first-order valence-electron chi connectivity index (χ1n) is 6.36. The normalized spacial score (nSPS) is 13.0. The number of hydrogen-bond acceptors (Lipinski definition) is 3. The Morgan fingerprint density at radius 2 is 1.96 bits per heavy atom. The van der Waals surface area contributed by atoms with E-state index < -0.39 is 22.4 Å². The van der Waals surface area contributed by atoms with Crippen molar-refractivity contribution < 1.29 is 18.1 Å². The van der Waals surface area contributed by atoms with Crippen molar-refractivity contribution in [1.82, 2.24) is 0 Å². The summed E-state index contributed by atoms with van der Waals surface area (Å²) in [5, 5.41) is 11.2. The molecule has 2 aromatic rings. The molecule has 1 aliphatic rings. The Hall–Kier alpha value is -2.53. The van der Waals surface area contributed by atoms with Gasteiger partial charge >= 0.3 is 6.18 Å². The van der Waals surface area contributed by atoms with E-state index in [1.165, 1.54) is 0 Å². The number of halogens is 3. The third-order valence-electron chi connectivity index (χ3n) is 3.48. The van der Waals surface area contributed by atoms with Gasteiger partial charge in [-0.15, -0.1) is 0 Å². The molecule has 0 N–H and O–H groups in total. The number of nitrogens with zero attached hydrogens (tertiary/aromatic N) is 2. The number of nitro groups is 1. The number of hydrogen-bond donors (Lipinski definition) is 0. The van der Waals surface area contributed by atoms with Crippen LogP contribution in [0.25, 0.3) is 4.85 Å². The molecule has 1 aliphatic heterocycles. The molecule has 0 saturated heterocycles. The van der Waals surface area contributed by atoms with E-state index in [9.17, 15) is 23.3 Å². The number of fused-ring (bicyclic) bond motifs is 2. The van der Waals surface area contributed by atoms with Gasteiger partial charge in [-0.25, -0.2) is 4.85 Å². The highest BCUT2D eigenvalue weighted by atomic mass is 32.2. The quantitative estimate of drug-likeness (QED) is 0.348. The van der Waals surface area contributed by atoms with Crippen LogP contribution in [0.15, 0.2) is 40.1 Å². The van der Waals surface area contributed by atoms with Crippen LogP contribution in [0.4, 0.5) is 24.5 Å². The summed E-state index contributed by atoms with van der Waals surface area (Å²) < 4.78 is 38.8. The van der Waals surface area contributed by atoms with E-state index in [0.717, 1.165) is 23.4 Å². The summed E-state index contributed by atoms with van der Waals surface area (Å²) >= 11 is 1.03. The molecule has 116 valence electrons. The number of nitro benzene ring substituents is 1. The lowest BCUT2D eigenvalue weighted by atomic mass is 10.00. The van der Waals surface area contributed by atoms with Crippen LogP contribution in [0.3, 0.4) is 0 Å². The van der Waals surface area contributed by atoms with E-state index in [1.807, 2.05) is 0 Å². The van der Waals surface area contributed by atoms with Gasteiger partial charge in [0.05, 0.1) is 17.1 Å². The SMILES string of the molecule is [C-]#[N+]c1ccc2c(c1)Sc1cc(C(F)(F)F)cc([N+](=O)[O-])c1C2. The van der Waals surface area contributed by atoms with E-state index in [2.05, 4.69) is 4.85 Å². The molecule has 0 amide bonds. The standard InChI is InChI=1S/C15H7F3N2O2S/c1-19-10-3-2-8-4-11-12(20(21)22)5-9(15(16,17)18)6-14(11)23-13(8)7-10/h2-3,5-7H,4H2. The molecule has 0 fully saturated rings. The average Bonchev–Trinajstić information content (AvgIpc) is 2.50. The van der Waals surface area contributed by atoms with Crippen molar-refractivity contribution in [2.24, 2.45) is 0 Å². The van der Waals surface area contributed by atoms with Gasteiger partial charge in [0.2, 0.25) is 0 Å². The zero-order valence-corrected chi connectivity index (χ0v) is 12.2. The minimum Gasteiger partial charge on any atom is -0.258 e. The first-order chi connectivity index (χ1) is 10.8. The van der Waals surface area contributed by atoms with Gasteiger partial charge in [0, 0.05) is 27.8 Å². The molecular formula is C15H7F3N2O2S. The molecule has 4 nitrogen and oxygen atoms in total. The van der Waals surface area contributed by atoms with Gasteiger partial charge in [0.25, 0.3) is 5.69 Å². The minimum atomic E-state index is -4.65. The number of alkyl halides is 3. The lowest BCUT2D eigenvalue weighted by Crippen LogP contribution is -2.10. The smallest absolute Gasteiger partial charge is 0.258 e. The molecule has 0 saturated carbocycles. The first kappa shape index (κ1) is 15.4. The molecule has 23 heavy (non-hydrogen) atoms. The van der Waals surface area contributed by atoms with Gasteiger partial charge in [0.15, 0.2) is 5.69 Å². The van der Waals surface area contributed by atoms with Crippen LogP contribution >= 0.6 is 11.8 Å². The summed E-state index contributed by atoms with van der Waals surface area (Å²) in [6.07, 6.45) is -4.48. The molecule has 3 rings (SSSR count). The Bertz CT molecular complexity index is 872. The summed E-state index contributed by atoms with van der Waals surface area (Å²) in [4.78, 5) is 14.5. The Morgan fingerprint density at radius 1 is 1.22 bits per heavy atom. The minimum absolute atomic E-state index is 0.171. The number of rotatable bonds is 1. The van der Waals surface area contributed by atoms with Gasteiger partial charge in [-0.1, -0.05) is 23.9 Å².